The van der Waals surface area contributed by atoms with Crippen molar-refractivity contribution in [3.63, 3.8) is 0 Å². The van der Waals surface area contributed by atoms with Gasteiger partial charge in [0.25, 0.3) is 0 Å². The van der Waals surface area contributed by atoms with Crippen LogP contribution in [0.2, 0.25) is 0 Å². The molecule has 0 bridgehead atoms. The van der Waals surface area contributed by atoms with E-state index in [9.17, 15) is 4.79 Å². The number of rotatable bonds is 5. The van der Waals surface area contributed by atoms with Gasteiger partial charge in [-0.25, -0.2) is 4.98 Å². The van der Waals surface area contributed by atoms with E-state index in [1.807, 2.05) is 11.1 Å². The van der Waals surface area contributed by atoms with Crippen molar-refractivity contribution in [1.29, 1.82) is 0 Å². The van der Waals surface area contributed by atoms with Gasteiger partial charge >= 0.3 is 0 Å². The molecule has 172 valence electrons. The third kappa shape index (κ3) is 3.67. The number of amides is 1. The van der Waals surface area contributed by atoms with Crippen molar-refractivity contribution in [2.45, 2.75) is 38.6 Å². The predicted molar refractivity (Wildman–Crippen MR) is 126 cm³/mol. The van der Waals surface area contributed by atoms with E-state index in [1.165, 1.54) is 11.1 Å². The Balaban J connectivity index is 1.16. The number of allylic oxidation sites excluding steroid dienone is 1. The molecule has 1 saturated heterocycles. The van der Waals surface area contributed by atoms with Gasteiger partial charge < -0.3 is 14.0 Å². The molecule has 0 N–H and O–H groups in total. The molecule has 5 heterocycles. The number of carbonyl (C=O) groups excluding carboxylic acids is 1. The second-order valence-electron chi connectivity index (χ2n) is 9.03. The summed E-state index contributed by atoms with van der Waals surface area (Å²) >= 11 is 0. The Morgan fingerprint density at radius 2 is 2.18 bits per heavy atom. The minimum Gasteiger partial charge on any atom is -0.342 e. The van der Waals surface area contributed by atoms with Crippen LogP contribution in [-0.4, -0.2) is 53.6 Å². The lowest BCUT2D eigenvalue weighted by Crippen LogP contribution is -2.44. The van der Waals surface area contributed by atoms with E-state index in [0.29, 0.717) is 42.7 Å². The molecule has 34 heavy (non-hydrogen) atoms. The zero-order valence-electron chi connectivity index (χ0n) is 19.0. The summed E-state index contributed by atoms with van der Waals surface area (Å²) in [5.41, 5.74) is 4.12. The normalized spacial score (nSPS) is 19.6. The minimum absolute atomic E-state index is 0.111. The van der Waals surface area contributed by atoms with Crippen LogP contribution in [-0.2, 0) is 17.6 Å². The van der Waals surface area contributed by atoms with Crippen molar-refractivity contribution >= 4 is 22.9 Å². The van der Waals surface area contributed by atoms with Crippen LogP contribution in [0.4, 0.5) is 0 Å². The number of hydrogen-bond donors (Lipinski definition) is 0. The molecule has 1 aliphatic carbocycles. The number of aromatic nitrogens is 6. The molecule has 1 fully saturated rings. The van der Waals surface area contributed by atoms with Crippen molar-refractivity contribution in [2.75, 3.05) is 13.1 Å². The summed E-state index contributed by atoms with van der Waals surface area (Å²) in [7, 11) is 0. The quantitative estimate of drug-likeness (QED) is 0.454. The Morgan fingerprint density at radius 3 is 3.06 bits per heavy atom. The zero-order valence-corrected chi connectivity index (χ0v) is 19.0. The fourth-order valence-electron chi connectivity index (χ4n) is 5.00. The summed E-state index contributed by atoms with van der Waals surface area (Å²) < 4.78 is 7.69. The van der Waals surface area contributed by atoms with Crippen molar-refractivity contribution in [3.8, 4) is 11.5 Å². The minimum atomic E-state index is 0.111. The Bertz CT molecular complexity index is 1370. The molecule has 0 radical (unpaired) electrons. The maximum absolute atomic E-state index is 13.1. The molecule has 2 aliphatic rings. The molecule has 9 nitrogen and oxygen atoms in total. The summed E-state index contributed by atoms with van der Waals surface area (Å²) in [6.45, 7) is 3.74. The number of likely N-dealkylation sites (tertiary alicyclic amines) is 1. The van der Waals surface area contributed by atoms with Gasteiger partial charge in [-0.3, -0.25) is 14.8 Å². The van der Waals surface area contributed by atoms with Gasteiger partial charge in [-0.15, -0.1) is 0 Å². The fourth-order valence-corrected chi connectivity index (χ4v) is 5.00. The lowest BCUT2D eigenvalue weighted by molar-refractivity contribution is -0.133. The van der Waals surface area contributed by atoms with Crippen molar-refractivity contribution in [2.24, 2.45) is 5.92 Å². The van der Waals surface area contributed by atoms with E-state index < -0.39 is 0 Å². The average Bonchev–Trinajstić information content (AvgIpc) is 3.62. The lowest BCUT2D eigenvalue weighted by Gasteiger charge is -2.38. The van der Waals surface area contributed by atoms with Crippen LogP contribution in [0, 0.1) is 5.92 Å². The molecule has 4 aromatic rings. The Labute approximate surface area is 196 Å². The van der Waals surface area contributed by atoms with Crippen LogP contribution in [0.3, 0.4) is 0 Å². The maximum Gasteiger partial charge on any atom is 0.227 e. The molecule has 0 spiro atoms. The number of aryl methyl sites for hydroxylation is 1. The van der Waals surface area contributed by atoms with E-state index >= 15 is 0 Å². The lowest BCUT2D eigenvalue weighted by atomic mass is 9.92. The van der Waals surface area contributed by atoms with Crippen LogP contribution in [0.1, 0.15) is 43.0 Å². The molecule has 4 aromatic heterocycles. The van der Waals surface area contributed by atoms with E-state index in [0.717, 1.165) is 30.5 Å². The number of carbonyl (C=O) groups is 1. The molecule has 9 heteroatoms. The van der Waals surface area contributed by atoms with E-state index in [-0.39, 0.29) is 11.9 Å². The van der Waals surface area contributed by atoms with E-state index in [1.54, 1.807) is 18.6 Å². The number of fused-ring (bicyclic) bond motifs is 3. The highest BCUT2D eigenvalue weighted by atomic mass is 16.5. The molecule has 0 unspecified atom stereocenters. The number of pyridine rings is 1. The molecular formula is C25H25N7O2. The average molecular weight is 456 g/mol. The predicted octanol–water partition coefficient (Wildman–Crippen LogP) is 3.49. The SMILES string of the molecule is C[C@@H]1CCN(C(=O)CCc2nc(-c3cnccn3)no2)C[C@@H]1n1ccc2cnc3c(c21)C=CC3. The molecular weight excluding hydrogens is 430 g/mol. The molecule has 1 aliphatic heterocycles. The van der Waals surface area contributed by atoms with Crippen LogP contribution in [0.5, 0.6) is 0 Å². The standard InChI is InChI=1S/C25H25N7O2/c1-16-7-11-31(23(33)6-5-22-29-25(30-34-22)20-14-26-9-10-27-20)15-21(16)32-12-8-17-13-28-19-4-2-3-18(19)24(17)32/h2-3,8-10,12-14,16,21H,4-7,11,15H2,1H3/t16-,21+/m1/s1. The van der Waals surface area contributed by atoms with E-state index in [4.69, 9.17) is 4.52 Å². The van der Waals surface area contributed by atoms with Crippen LogP contribution in [0.25, 0.3) is 28.5 Å². The Kier molecular flexibility index (Phi) is 5.16. The van der Waals surface area contributed by atoms with Crippen LogP contribution >= 0.6 is 0 Å². The monoisotopic (exact) mass is 455 g/mol. The largest absolute Gasteiger partial charge is 0.342 e. The van der Waals surface area contributed by atoms with Gasteiger partial charge in [0.1, 0.15) is 5.69 Å². The van der Waals surface area contributed by atoms with Crippen molar-refractivity contribution in [1.82, 2.24) is 34.6 Å². The van der Waals surface area contributed by atoms with Crippen LogP contribution < -0.4 is 0 Å². The topological polar surface area (TPSA) is 103 Å². The molecule has 0 saturated carbocycles. The second-order valence-corrected chi connectivity index (χ2v) is 9.03. The molecule has 0 aromatic carbocycles. The Morgan fingerprint density at radius 1 is 1.24 bits per heavy atom. The van der Waals surface area contributed by atoms with E-state index in [2.05, 4.69) is 61.0 Å². The fraction of sp³-hybridized carbons (Fsp3) is 0.360. The van der Waals surface area contributed by atoms with Gasteiger partial charge in [0.15, 0.2) is 0 Å². The highest BCUT2D eigenvalue weighted by molar-refractivity contribution is 5.90. The number of hydrogen-bond acceptors (Lipinski definition) is 7. The molecule has 2 atom stereocenters. The maximum atomic E-state index is 13.1. The summed E-state index contributed by atoms with van der Waals surface area (Å²) in [5, 5.41) is 5.11. The van der Waals surface area contributed by atoms with Gasteiger partial charge in [0, 0.05) is 68.1 Å². The zero-order chi connectivity index (χ0) is 23.1. The van der Waals surface area contributed by atoms with Gasteiger partial charge in [-0.05, 0) is 18.4 Å². The first-order valence-corrected chi connectivity index (χ1v) is 11.7. The third-order valence-corrected chi connectivity index (χ3v) is 6.91. The first-order valence-electron chi connectivity index (χ1n) is 11.7. The Hall–Kier alpha value is -3.88. The number of piperidine rings is 1. The third-order valence-electron chi connectivity index (χ3n) is 6.91. The van der Waals surface area contributed by atoms with Crippen molar-refractivity contribution < 1.29 is 9.32 Å². The summed E-state index contributed by atoms with van der Waals surface area (Å²) in [6, 6.07) is 2.36. The van der Waals surface area contributed by atoms with Crippen LogP contribution in [0.15, 0.2) is 47.6 Å². The second kappa shape index (κ2) is 8.48. The summed E-state index contributed by atoms with van der Waals surface area (Å²) in [6.07, 6.45) is 15.8. The highest BCUT2D eigenvalue weighted by Crippen LogP contribution is 2.35. The summed E-state index contributed by atoms with van der Waals surface area (Å²) in [4.78, 5) is 32.3. The van der Waals surface area contributed by atoms with Gasteiger partial charge in [0.05, 0.1) is 23.4 Å². The van der Waals surface area contributed by atoms with Crippen molar-refractivity contribution in [3.05, 3.63) is 60.3 Å². The molecule has 6 rings (SSSR count). The summed E-state index contributed by atoms with van der Waals surface area (Å²) in [5.74, 6) is 1.40. The highest BCUT2D eigenvalue weighted by Gasteiger charge is 2.31. The molecule has 1 amide bonds. The van der Waals surface area contributed by atoms with Gasteiger partial charge in [0.2, 0.25) is 17.6 Å². The van der Waals surface area contributed by atoms with Gasteiger partial charge in [-0.1, -0.05) is 24.2 Å². The smallest absolute Gasteiger partial charge is 0.227 e. The first kappa shape index (κ1) is 20.7. The first-order chi connectivity index (χ1) is 16.7. The number of nitrogens with zero attached hydrogens (tertiary/aromatic N) is 7. The van der Waals surface area contributed by atoms with Gasteiger partial charge in [-0.2, -0.15) is 4.98 Å².